The fourth-order valence-electron chi connectivity index (χ4n) is 3.12. The molecule has 0 aromatic heterocycles. The van der Waals surface area contributed by atoms with E-state index in [0.717, 1.165) is 38.3 Å². The van der Waals surface area contributed by atoms with E-state index in [1.807, 2.05) is 12.1 Å². The molecule has 5 heteroatoms. The third kappa shape index (κ3) is 4.29. The zero-order valence-electron chi connectivity index (χ0n) is 13.4. The van der Waals surface area contributed by atoms with Gasteiger partial charge in [-0.1, -0.05) is 19.1 Å². The second-order valence-corrected chi connectivity index (χ2v) is 6.25. The van der Waals surface area contributed by atoms with Crippen molar-refractivity contribution in [1.82, 2.24) is 9.80 Å². The number of likely N-dealkylation sites (tertiary alicyclic amines) is 1. The van der Waals surface area contributed by atoms with E-state index in [2.05, 4.69) is 23.8 Å². The first-order chi connectivity index (χ1) is 10.5. The quantitative estimate of drug-likeness (QED) is 0.797. The molecule has 122 valence electrons. The second-order valence-electron chi connectivity index (χ2n) is 6.25. The summed E-state index contributed by atoms with van der Waals surface area (Å²) < 4.78 is 0. The molecule has 1 aliphatic rings. The average molecular weight is 306 g/mol. The number of benzene rings is 1. The first-order valence-electron chi connectivity index (χ1n) is 7.87. The molecule has 1 fully saturated rings. The Balaban J connectivity index is 1.94. The monoisotopic (exact) mass is 306 g/mol. The van der Waals surface area contributed by atoms with Gasteiger partial charge in [-0.15, -0.1) is 0 Å². The molecule has 2 unspecified atom stereocenters. The fourth-order valence-corrected chi connectivity index (χ4v) is 3.12. The molecule has 1 aliphatic heterocycles. The van der Waals surface area contributed by atoms with Gasteiger partial charge in [-0.3, -0.25) is 4.90 Å². The number of hydrogen-bond donors (Lipinski definition) is 2. The minimum Gasteiger partial charge on any atom is -0.478 e. The maximum Gasteiger partial charge on any atom is 0.335 e. The maximum absolute atomic E-state index is 10.9. The lowest BCUT2D eigenvalue weighted by Crippen LogP contribution is -2.31. The molecule has 1 saturated heterocycles. The molecule has 0 aliphatic carbocycles. The molecule has 0 bridgehead atoms. The SMILES string of the molecule is CCN(C)CC1CN(Cc2ccc(C(=O)O)cc2)CC1CO. The first-order valence-corrected chi connectivity index (χ1v) is 7.87. The Morgan fingerprint density at radius 1 is 1.27 bits per heavy atom. The summed E-state index contributed by atoms with van der Waals surface area (Å²) in [4.78, 5) is 15.5. The van der Waals surface area contributed by atoms with Crippen molar-refractivity contribution in [3.8, 4) is 0 Å². The summed E-state index contributed by atoms with van der Waals surface area (Å²) in [6.07, 6.45) is 0. The molecular formula is C17H26N2O3. The smallest absolute Gasteiger partial charge is 0.335 e. The van der Waals surface area contributed by atoms with Gasteiger partial charge in [0.25, 0.3) is 0 Å². The van der Waals surface area contributed by atoms with Crippen molar-refractivity contribution < 1.29 is 15.0 Å². The third-order valence-electron chi connectivity index (χ3n) is 4.58. The number of nitrogens with zero attached hydrogens (tertiary/aromatic N) is 2. The van der Waals surface area contributed by atoms with E-state index >= 15 is 0 Å². The Bertz CT molecular complexity index is 489. The molecule has 2 rings (SSSR count). The summed E-state index contributed by atoms with van der Waals surface area (Å²) >= 11 is 0. The minimum absolute atomic E-state index is 0.233. The van der Waals surface area contributed by atoms with Gasteiger partial charge < -0.3 is 15.1 Å². The van der Waals surface area contributed by atoms with Crippen LogP contribution in [0.4, 0.5) is 0 Å². The molecule has 1 aromatic carbocycles. The van der Waals surface area contributed by atoms with Gasteiger partial charge in [-0.05, 0) is 43.1 Å². The largest absolute Gasteiger partial charge is 0.478 e. The molecule has 22 heavy (non-hydrogen) atoms. The zero-order valence-corrected chi connectivity index (χ0v) is 13.4. The van der Waals surface area contributed by atoms with Crippen LogP contribution in [0.2, 0.25) is 0 Å². The van der Waals surface area contributed by atoms with Crippen LogP contribution in [0.15, 0.2) is 24.3 Å². The zero-order chi connectivity index (χ0) is 16.1. The van der Waals surface area contributed by atoms with Crippen molar-refractivity contribution in [2.75, 3.05) is 39.8 Å². The van der Waals surface area contributed by atoms with Crippen LogP contribution in [0.3, 0.4) is 0 Å². The first kappa shape index (κ1) is 16.9. The lowest BCUT2D eigenvalue weighted by Gasteiger charge is -2.22. The molecule has 1 heterocycles. The Hall–Kier alpha value is -1.43. The van der Waals surface area contributed by atoms with Crippen LogP contribution < -0.4 is 0 Å². The molecule has 0 amide bonds. The van der Waals surface area contributed by atoms with Crippen molar-refractivity contribution in [1.29, 1.82) is 0 Å². The molecule has 2 atom stereocenters. The van der Waals surface area contributed by atoms with Gasteiger partial charge in [0, 0.05) is 32.8 Å². The summed E-state index contributed by atoms with van der Waals surface area (Å²) in [6.45, 7) is 7.10. The van der Waals surface area contributed by atoms with Crippen molar-refractivity contribution in [3.63, 3.8) is 0 Å². The van der Waals surface area contributed by atoms with Gasteiger partial charge in [0.1, 0.15) is 0 Å². The van der Waals surface area contributed by atoms with E-state index in [1.165, 1.54) is 0 Å². The Kier molecular flexibility index (Phi) is 5.94. The van der Waals surface area contributed by atoms with Gasteiger partial charge in [0.05, 0.1) is 5.56 Å². The van der Waals surface area contributed by atoms with Gasteiger partial charge >= 0.3 is 5.97 Å². The van der Waals surface area contributed by atoms with Crippen LogP contribution in [0, 0.1) is 11.8 Å². The van der Waals surface area contributed by atoms with E-state index in [4.69, 9.17) is 5.11 Å². The normalized spacial score (nSPS) is 22.4. The fraction of sp³-hybridized carbons (Fsp3) is 0.588. The van der Waals surface area contributed by atoms with Crippen LogP contribution in [0.1, 0.15) is 22.8 Å². The van der Waals surface area contributed by atoms with E-state index < -0.39 is 5.97 Å². The minimum atomic E-state index is -0.893. The van der Waals surface area contributed by atoms with Crippen molar-refractivity contribution in [3.05, 3.63) is 35.4 Å². The van der Waals surface area contributed by atoms with Crippen LogP contribution in [-0.2, 0) is 6.54 Å². The predicted molar refractivity (Wildman–Crippen MR) is 85.9 cm³/mol. The van der Waals surface area contributed by atoms with Crippen LogP contribution in [-0.4, -0.2) is 65.8 Å². The number of carboxylic acid groups (broad SMARTS) is 1. The van der Waals surface area contributed by atoms with E-state index in [9.17, 15) is 9.90 Å². The second kappa shape index (κ2) is 7.72. The number of hydrogen-bond acceptors (Lipinski definition) is 4. The molecule has 0 spiro atoms. The van der Waals surface area contributed by atoms with Crippen LogP contribution in [0.5, 0.6) is 0 Å². The van der Waals surface area contributed by atoms with Crippen molar-refractivity contribution in [2.45, 2.75) is 13.5 Å². The number of aromatic carboxylic acids is 1. The lowest BCUT2D eigenvalue weighted by molar-refractivity contribution is 0.0697. The maximum atomic E-state index is 10.9. The van der Waals surface area contributed by atoms with Gasteiger partial charge in [-0.25, -0.2) is 4.79 Å². The Labute approximate surface area is 132 Å². The average Bonchev–Trinajstić information content (AvgIpc) is 2.89. The Morgan fingerprint density at radius 3 is 2.45 bits per heavy atom. The van der Waals surface area contributed by atoms with E-state index in [0.29, 0.717) is 17.4 Å². The summed E-state index contributed by atoms with van der Waals surface area (Å²) in [5.41, 5.74) is 1.44. The topological polar surface area (TPSA) is 64.0 Å². The molecule has 0 saturated carbocycles. The molecular weight excluding hydrogens is 280 g/mol. The van der Waals surface area contributed by atoms with Crippen molar-refractivity contribution >= 4 is 5.97 Å². The third-order valence-corrected chi connectivity index (χ3v) is 4.58. The number of carbonyl (C=O) groups is 1. The summed E-state index contributed by atoms with van der Waals surface area (Å²) in [7, 11) is 2.11. The highest BCUT2D eigenvalue weighted by Crippen LogP contribution is 2.25. The van der Waals surface area contributed by atoms with Crippen LogP contribution >= 0.6 is 0 Å². The molecule has 1 aromatic rings. The summed E-state index contributed by atoms with van der Waals surface area (Å²) in [6, 6.07) is 7.06. The molecule has 0 radical (unpaired) electrons. The summed E-state index contributed by atoms with van der Waals surface area (Å²) in [5, 5.41) is 18.5. The number of aliphatic hydroxyl groups is 1. The number of aliphatic hydroxyl groups excluding tert-OH is 1. The van der Waals surface area contributed by atoms with Gasteiger partial charge in [-0.2, -0.15) is 0 Å². The molecule has 5 nitrogen and oxygen atoms in total. The van der Waals surface area contributed by atoms with E-state index in [-0.39, 0.29) is 6.61 Å². The van der Waals surface area contributed by atoms with E-state index in [1.54, 1.807) is 12.1 Å². The van der Waals surface area contributed by atoms with Gasteiger partial charge in [0.2, 0.25) is 0 Å². The summed E-state index contributed by atoms with van der Waals surface area (Å²) in [5.74, 6) is -0.0729. The lowest BCUT2D eigenvalue weighted by atomic mass is 9.96. The van der Waals surface area contributed by atoms with Crippen LogP contribution in [0.25, 0.3) is 0 Å². The predicted octanol–water partition coefficient (Wildman–Crippen LogP) is 1.38. The number of rotatable bonds is 7. The number of carboxylic acids is 1. The highest BCUT2D eigenvalue weighted by molar-refractivity contribution is 5.87. The standard InChI is InChI=1S/C17H26N2O3/c1-3-18(2)9-15-10-19(11-16(15)12-20)8-13-4-6-14(7-5-13)17(21)22/h4-7,15-16,20H,3,8-12H2,1-2H3,(H,21,22). The highest BCUT2D eigenvalue weighted by atomic mass is 16.4. The Morgan fingerprint density at radius 2 is 1.91 bits per heavy atom. The van der Waals surface area contributed by atoms with Crippen molar-refractivity contribution in [2.24, 2.45) is 11.8 Å². The molecule has 2 N–H and O–H groups in total. The van der Waals surface area contributed by atoms with Gasteiger partial charge in [0.15, 0.2) is 0 Å². The highest BCUT2D eigenvalue weighted by Gasteiger charge is 2.32.